The SMILES string of the molecule is CCn1c(=NC(=O)CS(=O)(=O)CC(=O)N2CCN(c3ccccc3)CC2)sc2cc(F)ccc21. The van der Waals surface area contributed by atoms with Crippen molar-refractivity contribution in [3.05, 3.63) is 59.1 Å². The van der Waals surface area contributed by atoms with E-state index in [2.05, 4.69) is 9.89 Å². The number of para-hydroxylation sites is 1. The van der Waals surface area contributed by atoms with Gasteiger partial charge in [0.1, 0.15) is 17.3 Å². The van der Waals surface area contributed by atoms with Crippen molar-refractivity contribution in [2.45, 2.75) is 13.5 Å². The van der Waals surface area contributed by atoms with Gasteiger partial charge in [0.2, 0.25) is 5.91 Å². The molecule has 34 heavy (non-hydrogen) atoms. The van der Waals surface area contributed by atoms with Gasteiger partial charge in [-0.3, -0.25) is 9.59 Å². The van der Waals surface area contributed by atoms with E-state index in [4.69, 9.17) is 0 Å². The number of benzene rings is 2. The number of anilines is 1. The Morgan fingerprint density at radius 2 is 1.74 bits per heavy atom. The second kappa shape index (κ2) is 10.1. The number of amides is 2. The van der Waals surface area contributed by atoms with Crippen LogP contribution in [-0.2, 0) is 26.0 Å². The number of piperazine rings is 1. The highest BCUT2D eigenvalue weighted by molar-refractivity contribution is 7.92. The molecule has 0 aliphatic carbocycles. The molecule has 2 heterocycles. The molecule has 2 amide bonds. The quantitative estimate of drug-likeness (QED) is 0.513. The van der Waals surface area contributed by atoms with Gasteiger partial charge in [0.15, 0.2) is 14.6 Å². The molecule has 0 radical (unpaired) electrons. The average Bonchev–Trinajstić information content (AvgIpc) is 3.14. The first-order valence-corrected chi connectivity index (χ1v) is 13.5. The normalized spacial score (nSPS) is 15.2. The molecule has 11 heteroatoms. The minimum absolute atomic E-state index is 0.298. The van der Waals surface area contributed by atoms with E-state index in [1.807, 2.05) is 37.3 Å². The van der Waals surface area contributed by atoms with E-state index in [0.29, 0.717) is 47.7 Å². The largest absolute Gasteiger partial charge is 0.368 e. The highest BCUT2D eigenvalue weighted by atomic mass is 32.2. The third kappa shape index (κ3) is 5.53. The molecule has 2 aromatic carbocycles. The number of halogens is 1. The van der Waals surface area contributed by atoms with Gasteiger partial charge in [0.25, 0.3) is 5.91 Å². The lowest BCUT2D eigenvalue weighted by atomic mass is 10.2. The molecule has 1 aliphatic rings. The highest BCUT2D eigenvalue weighted by Crippen LogP contribution is 2.19. The number of aromatic nitrogens is 1. The summed E-state index contributed by atoms with van der Waals surface area (Å²) >= 11 is 1.11. The fourth-order valence-corrected chi connectivity index (χ4v) is 6.19. The van der Waals surface area contributed by atoms with Crippen molar-refractivity contribution in [3.63, 3.8) is 0 Å². The molecule has 1 fully saturated rings. The molecular formula is C23H25FN4O4S2. The molecule has 8 nitrogen and oxygen atoms in total. The fourth-order valence-electron chi connectivity index (χ4n) is 3.95. The molecule has 0 unspecified atom stereocenters. The zero-order valence-electron chi connectivity index (χ0n) is 18.7. The number of nitrogens with zero attached hydrogens (tertiary/aromatic N) is 4. The first kappa shape index (κ1) is 24.1. The Morgan fingerprint density at radius 3 is 2.41 bits per heavy atom. The van der Waals surface area contributed by atoms with E-state index in [1.165, 1.54) is 17.0 Å². The van der Waals surface area contributed by atoms with Crippen LogP contribution in [0.3, 0.4) is 0 Å². The monoisotopic (exact) mass is 504 g/mol. The zero-order valence-corrected chi connectivity index (χ0v) is 20.3. The number of aryl methyl sites for hydroxylation is 1. The van der Waals surface area contributed by atoms with E-state index < -0.39 is 39.0 Å². The standard InChI is InChI=1S/C23H25FN4O4S2/c1-2-28-19-9-8-17(24)14-20(19)33-23(28)25-21(29)15-34(31,32)16-22(30)27-12-10-26(11-13-27)18-6-4-3-5-7-18/h3-9,14H,2,10-13,15-16H2,1H3. The van der Waals surface area contributed by atoms with E-state index in [9.17, 15) is 22.4 Å². The molecule has 1 aromatic heterocycles. The Labute approximate surface area is 200 Å². The lowest BCUT2D eigenvalue weighted by molar-refractivity contribution is -0.128. The molecular weight excluding hydrogens is 479 g/mol. The molecule has 180 valence electrons. The second-order valence-corrected chi connectivity index (χ2v) is 11.1. The maximum Gasteiger partial charge on any atom is 0.263 e. The van der Waals surface area contributed by atoms with Crippen LogP contribution in [0.5, 0.6) is 0 Å². The van der Waals surface area contributed by atoms with Crippen LogP contribution < -0.4 is 9.70 Å². The summed E-state index contributed by atoms with van der Waals surface area (Å²) in [5.74, 6) is -3.35. The number of carbonyl (C=O) groups excluding carboxylic acids is 2. The van der Waals surface area contributed by atoms with Gasteiger partial charge in [-0.05, 0) is 37.3 Å². The second-order valence-electron chi connectivity index (χ2n) is 7.98. The van der Waals surface area contributed by atoms with Gasteiger partial charge in [-0.1, -0.05) is 29.5 Å². The summed E-state index contributed by atoms with van der Waals surface area (Å²) in [6.45, 7) is 4.37. The number of carbonyl (C=O) groups is 2. The topological polar surface area (TPSA) is 92.0 Å². The predicted octanol–water partition coefficient (Wildman–Crippen LogP) is 2.05. The van der Waals surface area contributed by atoms with E-state index in [0.717, 1.165) is 17.0 Å². The van der Waals surface area contributed by atoms with Crippen molar-refractivity contribution in [1.82, 2.24) is 9.47 Å². The fraction of sp³-hybridized carbons (Fsp3) is 0.348. The van der Waals surface area contributed by atoms with Crippen LogP contribution in [0.4, 0.5) is 10.1 Å². The zero-order chi connectivity index (χ0) is 24.3. The number of fused-ring (bicyclic) bond motifs is 1. The van der Waals surface area contributed by atoms with Gasteiger partial charge >= 0.3 is 0 Å². The first-order valence-electron chi connectivity index (χ1n) is 10.9. The van der Waals surface area contributed by atoms with Crippen LogP contribution in [0.25, 0.3) is 10.2 Å². The Balaban J connectivity index is 1.39. The average molecular weight is 505 g/mol. The molecule has 3 aromatic rings. The smallest absolute Gasteiger partial charge is 0.263 e. The number of hydrogen-bond donors (Lipinski definition) is 0. The van der Waals surface area contributed by atoms with Crippen LogP contribution in [0.15, 0.2) is 53.5 Å². The molecule has 0 spiro atoms. The van der Waals surface area contributed by atoms with Crippen LogP contribution in [0.2, 0.25) is 0 Å². The summed E-state index contributed by atoms with van der Waals surface area (Å²) in [7, 11) is -3.98. The third-order valence-corrected chi connectivity index (χ3v) is 8.04. The van der Waals surface area contributed by atoms with Gasteiger partial charge in [-0.15, -0.1) is 0 Å². The minimum atomic E-state index is -3.98. The molecule has 1 saturated heterocycles. The van der Waals surface area contributed by atoms with Gasteiger partial charge in [-0.25, -0.2) is 12.8 Å². The number of rotatable bonds is 6. The lowest BCUT2D eigenvalue weighted by Gasteiger charge is -2.36. The van der Waals surface area contributed by atoms with E-state index >= 15 is 0 Å². The highest BCUT2D eigenvalue weighted by Gasteiger charge is 2.27. The molecule has 4 rings (SSSR count). The molecule has 0 atom stereocenters. The van der Waals surface area contributed by atoms with Crippen LogP contribution in [0, 0.1) is 5.82 Å². The molecule has 0 bridgehead atoms. The molecule has 1 aliphatic heterocycles. The van der Waals surface area contributed by atoms with Crippen LogP contribution >= 0.6 is 11.3 Å². The molecule has 0 N–H and O–H groups in total. The maximum atomic E-state index is 13.5. The van der Waals surface area contributed by atoms with Crippen molar-refractivity contribution >= 4 is 48.9 Å². The van der Waals surface area contributed by atoms with Crippen LogP contribution in [0.1, 0.15) is 6.92 Å². The van der Waals surface area contributed by atoms with Crippen molar-refractivity contribution < 1.29 is 22.4 Å². The Morgan fingerprint density at radius 1 is 1.03 bits per heavy atom. The number of sulfone groups is 1. The number of thiazole rings is 1. The van der Waals surface area contributed by atoms with Gasteiger partial charge in [0.05, 0.1) is 10.2 Å². The maximum absolute atomic E-state index is 13.5. The van der Waals surface area contributed by atoms with Crippen molar-refractivity contribution in [2.75, 3.05) is 42.6 Å². The summed E-state index contributed by atoms with van der Waals surface area (Å²) in [6, 6.07) is 14.1. The van der Waals surface area contributed by atoms with Crippen molar-refractivity contribution in [1.29, 1.82) is 0 Å². The summed E-state index contributed by atoms with van der Waals surface area (Å²) < 4.78 is 41.0. The summed E-state index contributed by atoms with van der Waals surface area (Å²) in [4.78, 5) is 32.9. The van der Waals surface area contributed by atoms with Gasteiger partial charge < -0.3 is 14.4 Å². The molecule has 0 saturated carbocycles. The minimum Gasteiger partial charge on any atom is -0.368 e. The van der Waals surface area contributed by atoms with Crippen molar-refractivity contribution in [3.8, 4) is 0 Å². The van der Waals surface area contributed by atoms with Gasteiger partial charge in [-0.2, -0.15) is 4.99 Å². The Bertz CT molecular complexity index is 1370. The first-order chi connectivity index (χ1) is 16.3. The van der Waals surface area contributed by atoms with E-state index in [1.54, 1.807) is 10.6 Å². The lowest BCUT2D eigenvalue weighted by Crippen LogP contribution is -2.50. The number of hydrogen-bond acceptors (Lipinski definition) is 6. The predicted molar refractivity (Wildman–Crippen MR) is 130 cm³/mol. The third-order valence-electron chi connectivity index (χ3n) is 5.62. The summed E-state index contributed by atoms with van der Waals surface area (Å²) in [6.07, 6.45) is 0. The van der Waals surface area contributed by atoms with Crippen molar-refractivity contribution in [2.24, 2.45) is 4.99 Å². The van der Waals surface area contributed by atoms with Gasteiger partial charge in [0, 0.05) is 38.4 Å². The Kier molecular flexibility index (Phi) is 7.13. The van der Waals surface area contributed by atoms with E-state index in [-0.39, 0.29) is 0 Å². The summed E-state index contributed by atoms with van der Waals surface area (Å²) in [5.41, 5.74) is 1.77. The summed E-state index contributed by atoms with van der Waals surface area (Å²) in [5, 5.41) is 0. The Hall–Kier alpha value is -3.05. The van der Waals surface area contributed by atoms with Crippen LogP contribution in [-0.4, -0.2) is 67.4 Å².